The van der Waals surface area contributed by atoms with E-state index in [1.54, 1.807) is 7.11 Å². The molecule has 2 N–H and O–H groups in total. The number of rotatable bonds is 7. The lowest BCUT2D eigenvalue weighted by Crippen LogP contribution is -2.38. The Morgan fingerprint density at radius 1 is 1.00 bits per heavy atom. The number of anilines is 1. The van der Waals surface area contributed by atoms with E-state index >= 15 is 0 Å². The second-order valence-electron chi connectivity index (χ2n) is 9.04. The van der Waals surface area contributed by atoms with Crippen LogP contribution in [0.15, 0.2) is 36.4 Å². The Labute approximate surface area is 181 Å². The smallest absolute Gasteiger partial charge is 0.161 e. The molecule has 0 spiro atoms. The number of hydrogen-bond donors (Lipinski definition) is 2. The van der Waals surface area contributed by atoms with Crippen molar-refractivity contribution in [2.24, 2.45) is 5.92 Å². The van der Waals surface area contributed by atoms with Crippen molar-refractivity contribution in [3.05, 3.63) is 53.1 Å². The molecule has 0 bridgehead atoms. The maximum Gasteiger partial charge on any atom is 0.161 e. The highest BCUT2D eigenvalue weighted by molar-refractivity contribution is 5.56. The zero-order valence-electron chi connectivity index (χ0n) is 18.7. The fourth-order valence-corrected chi connectivity index (χ4v) is 5.00. The molecule has 30 heavy (non-hydrogen) atoms. The van der Waals surface area contributed by atoms with Crippen LogP contribution in [0.4, 0.5) is 5.69 Å². The topological polar surface area (TPSA) is 42.5 Å². The van der Waals surface area contributed by atoms with Crippen LogP contribution in [0.2, 0.25) is 0 Å². The Hall–Kier alpha value is -2.20. The summed E-state index contributed by atoms with van der Waals surface area (Å²) < 4.78 is 11.9. The van der Waals surface area contributed by atoms with Gasteiger partial charge in [-0.2, -0.15) is 0 Å². The molecule has 1 aliphatic heterocycles. The maximum atomic E-state index is 6.33. The molecule has 1 aliphatic carbocycles. The fourth-order valence-electron chi connectivity index (χ4n) is 5.00. The predicted octanol–water partition coefficient (Wildman–Crippen LogP) is 5.44. The number of piperidine rings is 1. The highest BCUT2D eigenvalue weighted by Crippen LogP contribution is 2.36. The first-order valence-electron chi connectivity index (χ1n) is 11.5. The standard InChI is InChI=1S/C26H36N2O2/c1-18-7-6-8-19(2)26(18)28-16-20-13-22(17-27-15-20)21-11-12-24(29-3)25(14-21)30-23-9-4-5-10-23/h6-8,11-12,14,20,22-23,27-28H,4-5,9-10,13,15-17H2,1-3H3/t20-,22+/m0/s1. The van der Waals surface area contributed by atoms with E-state index in [2.05, 4.69) is 60.9 Å². The molecule has 2 aliphatic rings. The van der Waals surface area contributed by atoms with Crippen LogP contribution in [0.3, 0.4) is 0 Å². The van der Waals surface area contributed by atoms with Gasteiger partial charge in [0, 0.05) is 18.8 Å². The van der Waals surface area contributed by atoms with E-state index in [1.807, 2.05) is 0 Å². The van der Waals surface area contributed by atoms with Crippen molar-refractivity contribution in [3.63, 3.8) is 0 Å². The minimum absolute atomic E-state index is 0.341. The molecule has 2 fully saturated rings. The van der Waals surface area contributed by atoms with Gasteiger partial charge in [0.15, 0.2) is 11.5 Å². The first kappa shape index (κ1) is 21.0. The third kappa shape index (κ3) is 4.92. The fraction of sp³-hybridized carbons (Fsp3) is 0.538. The second kappa shape index (κ2) is 9.74. The third-order valence-corrected chi connectivity index (χ3v) is 6.75. The summed E-state index contributed by atoms with van der Waals surface area (Å²) in [7, 11) is 1.73. The summed E-state index contributed by atoms with van der Waals surface area (Å²) in [6.45, 7) is 7.45. The molecule has 2 atom stereocenters. The van der Waals surface area contributed by atoms with Crippen LogP contribution in [-0.2, 0) is 0 Å². The second-order valence-corrected chi connectivity index (χ2v) is 9.04. The number of nitrogens with one attached hydrogen (secondary N) is 2. The Bertz CT molecular complexity index is 825. The number of methoxy groups -OCH3 is 1. The molecular formula is C26H36N2O2. The Morgan fingerprint density at radius 2 is 1.77 bits per heavy atom. The van der Waals surface area contributed by atoms with Gasteiger partial charge in [-0.1, -0.05) is 24.3 Å². The van der Waals surface area contributed by atoms with Gasteiger partial charge < -0.3 is 20.1 Å². The molecule has 0 unspecified atom stereocenters. The third-order valence-electron chi connectivity index (χ3n) is 6.75. The van der Waals surface area contributed by atoms with Crippen LogP contribution >= 0.6 is 0 Å². The van der Waals surface area contributed by atoms with E-state index in [9.17, 15) is 0 Å². The van der Waals surface area contributed by atoms with E-state index in [1.165, 1.54) is 41.6 Å². The van der Waals surface area contributed by atoms with E-state index in [-0.39, 0.29) is 0 Å². The first-order chi connectivity index (χ1) is 14.6. The van der Waals surface area contributed by atoms with Gasteiger partial charge in [-0.3, -0.25) is 0 Å². The van der Waals surface area contributed by atoms with Gasteiger partial charge in [0.25, 0.3) is 0 Å². The van der Waals surface area contributed by atoms with Crippen molar-refractivity contribution >= 4 is 5.69 Å². The zero-order chi connectivity index (χ0) is 20.9. The molecule has 2 aromatic carbocycles. The largest absolute Gasteiger partial charge is 0.493 e. The first-order valence-corrected chi connectivity index (χ1v) is 11.5. The average Bonchev–Trinajstić information content (AvgIpc) is 3.27. The lowest BCUT2D eigenvalue weighted by molar-refractivity contribution is 0.200. The molecule has 1 saturated heterocycles. The minimum atomic E-state index is 0.341. The summed E-state index contributed by atoms with van der Waals surface area (Å²) in [6.07, 6.45) is 6.38. The molecule has 4 heteroatoms. The molecule has 4 nitrogen and oxygen atoms in total. The zero-order valence-corrected chi connectivity index (χ0v) is 18.7. The van der Waals surface area contributed by atoms with Gasteiger partial charge in [0.1, 0.15) is 0 Å². The van der Waals surface area contributed by atoms with Gasteiger partial charge in [-0.05, 0) is 93.2 Å². The van der Waals surface area contributed by atoms with Crippen molar-refractivity contribution in [1.82, 2.24) is 5.32 Å². The maximum absolute atomic E-state index is 6.33. The van der Waals surface area contributed by atoms with Crippen molar-refractivity contribution in [3.8, 4) is 11.5 Å². The Kier molecular flexibility index (Phi) is 6.83. The predicted molar refractivity (Wildman–Crippen MR) is 124 cm³/mol. The Morgan fingerprint density at radius 3 is 2.50 bits per heavy atom. The molecule has 0 aromatic heterocycles. The highest BCUT2D eigenvalue weighted by Gasteiger charge is 2.25. The van der Waals surface area contributed by atoms with Crippen LogP contribution in [0.25, 0.3) is 0 Å². The normalized spacial score (nSPS) is 22.1. The van der Waals surface area contributed by atoms with Gasteiger partial charge >= 0.3 is 0 Å². The molecule has 1 saturated carbocycles. The summed E-state index contributed by atoms with van der Waals surface area (Å²) >= 11 is 0. The quantitative estimate of drug-likeness (QED) is 0.640. The van der Waals surface area contributed by atoms with Gasteiger partial charge in [-0.15, -0.1) is 0 Å². The molecule has 4 rings (SSSR count). The lowest BCUT2D eigenvalue weighted by atomic mass is 9.85. The lowest BCUT2D eigenvalue weighted by Gasteiger charge is -2.31. The number of hydrogen-bond acceptors (Lipinski definition) is 4. The monoisotopic (exact) mass is 408 g/mol. The van der Waals surface area contributed by atoms with Crippen LogP contribution in [-0.4, -0.2) is 32.8 Å². The number of aryl methyl sites for hydroxylation is 2. The number of ether oxygens (including phenoxy) is 2. The molecular weight excluding hydrogens is 372 g/mol. The average molecular weight is 409 g/mol. The summed E-state index contributed by atoms with van der Waals surface area (Å²) in [5.74, 6) is 2.87. The molecule has 1 heterocycles. The van der Waals surface area contributed by atoms with Crippen LogP contribution in [0.1, 0.15) is 54.7 Å². The van der Waals surface area contributed by atoms with Crippen molar-refractivity contribution in [1.29, 1.82) is 0 Å². The van der Waals surface area contributed by atoms with Gasteiger partial charge in [-0.25, -0.2) is 0 Å². The summed E-state index contributed by atoms with van der Waals surface area (Å²) in [4.78, 5) is 0. The summed E-state index contributed by atoms with van der Waals surface area (Å²) in [5, 5.41) is 7.37. The van der Waals surface area contributed by atoms with Crippen molar-refractivity contribution in [2.75, 3.05) is 32.1 Å². The molecule has 162 valence electrons. The van der Waals surface area contributed by atoms with E-state index in [0.717, 1.165) is 44.0 Å². The number of benzene rings is 2. The van der Waals surface area contributed by atoms with Gasteiger partial charge in [0.2, 0.25) is 0 Å². The SMILES string of the molecule is COc1ccc([C@H]2CNC[C@@H](CNc3c(C)cccc3C)C2)cc1OC1CCCC1. The highest BCUT2D eigenvalue weighted by atomic mass is 16.5. The molecule has 0 radical (unpaired) electrons. The van der Waals surface area contributed by atoms with Crippen LogP contribution in [0.5, 0.6) is 11.5 Å². The molecule has 0 amide bonds. The van der Waals surface area contributed by atoms with E-state index in [0.29, 0.717) is 17.9 Å². The summed E-state index contributed by atoms with van der Waals surface area (Å²) in [5.41, 5.74) is 5.28. The van der Waals surface area contributed by atoms with E-state index in [4.69, 9.17) is 9.47 Å². The van der Waals surface area contributed by atoms with Crippen LogP contribution in [0, 0.1) is 19.8 Å². The molecule has 2 aromatic rings. The summed E-state index contributed by atoms with van der Waals surface area (Å²) in [6, 6.07) is 13.0. The van der Waals surface area contributed by atoms with Crippen molar-refractivity contribution in [2.45, 2.75) is 58.0 Å². The van der Waals surface area contributed by atoms with E-state index < -0.39 is 0 Å². The van der Waals surface area contributed by atoms with Crippen LogP contribution < -0.4 is 20.1 Å². The Balaban J connectivity index is 1.42. The number of para-hydroxylation sites is 1. The van der Waals surface area contributed by atoms with Gasteiger partial charge in [0.05, 0.1) is 13.2 Å². The minimum Gasteiger partial charge on any atom is -0.493 e. The van der Waals surface area contributed by atoms with Crippen molar-refractivity contribution < 1.29 is 9.47 Å².